The van der Waals surface area contributed by atoms with Gasteiger partial charge in [0.1, 0.15) is 11.3 Å². The van der Waals surface area contributed by atoms with Gasteiger partial charge in [0.2, 0.25) is 0 Å². The van der Waals surface area contributed by atoms with Crippen molar-refractivity contribution in [1.29, 1.82) is 0 Å². The molecule has 0 spiro atoms. The van der Waals surface area contributed by atoms with Crippen molar-refractivity contribution < 1.29 is 14.3 Å². The normalized spacial score (nSPS) is 10.9. The standard InChI is InChI=1S/C22H37NO3/c1-4-5-6-7-8-9-10-13-18-26-22(24)20-15-11-12-16-21(20)25-19-14-17-23(2)3/h11-12,15-16H,4-10,13-14,17-19H2,1-3H3. The fraction of sp³-hybridized carbons (Fsp3) is 0.682. The number of para-hydroxylation sites is 1. The molecule has 0 aromatic heterocycles. The molecule has 0 saturated carbocycles. The Morgan fingerprint density at radius 3 is 2.23 bits per heavy atom. The molecule has 0 N–H and O–H groups in total. The van der Waals surface area contributed by atoms with Crippen molar-refractivity contribution >= 4 is 5.97 Å². The van der Waals surface area contributed by atoms with Gasteiger partial charge in [-0.25, -0.2) is 4.79 Å². The van der Waals surface area contributed by atoms with Gasteiger partial charge in [0.15, 0.2) is 0 Å². The van der Waals surface area contributed by atoms with Crippen molar-refractivity contribution in [3.8, 4) is 5.75 Å². The number of benzene rings is 1. The first-order valence-electron chi connectivity index (χ1n) is 10.2. The van der Waals surface area contributed by atoms with Crippen molar-refractivity contribution in [1.82, 2.24) is 4.90 Å². The molecule has 0 amide bonds. The highest BCUT2D eigenvalue weighted by Crippen LogP contribution is 2.19. The molecule has 0 aliphatic heterocycles. The summed E-state index contributed by atoms with van der Waals surface area (Å²) in [6, 6.07) is 7.34. The maximum Gasteiger partial charge on any atom is 0.341 e. The topological polar surface area (TPSA) is 38.8 Å². The Labute approximate surface area is 159 Å². The van der Waals surface area contributed by atoms with E-state index in [0.29, 0.717) is 24.5 Å². The zero-order valence-corrected chi connectivity index (χ0v) is 17.0. The van der Waals surface area contributed by atoms with Crippen LogP contribution in [0.15, 0.2) is 24.3 Å². The van der Waals surface area contributed by atoms with Crippen LogP contribution >= 0.6 is 0 Å². The molecule has 0 aliphatic rings. The summed E-state index contributed by atoms with van der Waals surface area (Å²) in [6.07, 6.45) is 10.8. The largest absolute Gasteiger partial charge is 0.493 e. The third-order valence-electron chi connectivity index (χ3n) is 4.35. The predicted octanol–water partition coefficient (Wildman–Crippen LogP) is 5.31. The van der Waals surface area contributed by atoms with Crippen LogP contribution in [0, 0.1) is 0 Å². The van der Waals surface area contributed by atoms with Crippen LogP contribution < -0.4 is 4.74 Å². The quantitative estimate of drug-likeness (QED) is 0.312. The zero-order chi connectivity index (χ0) is 19.0. The van der Waals surface area contributed by atoms with Crippen LogP contribution in [0.1, 0.15) is 75.1 Å². The maximum atomic E-state index is 12.3. The highest BCUT2D eigenvalue weighted by molar-refractivity contribution is 5.92. The summed E-state index contributed by atoms with van der Waals surface area (Å²) in [4.78, 5) is 14.4. The van der Waals surface area contributed by atoms with E-state index in [9.17, 15) is 4.79 Å². The average molecular weight is 364 g/mol. The van der Waals surface area contributed by atoms with Crippen LogP contribution in [-0.4, -0.2) is 44.7 Å². The van der Waals surface area contributed by atoms with Crippen LogP contribution in [0.3, 0.4) is 0 Å². The number of ether oxygens (including phenoxy) is 2. The van der Waals surface area contributed by atoms with E-state index >= 15 is 0 Å². The fourth-order valence-corrected chi connectivity index (χ4v) is 2.80. The van der Waals surface area contributed by atoms with E-state index in [2.05, 4.69) is 11.8 Å². The Bertz CT molecular complexity index is 488. The first-order valence-corrected chi connectivity index (χ1v) is 10.2. The molecule has 0 unspecified atom stereocenters. The van der Waals surface area contributed by atoms with E-state index in [0.717, 1.165) is 25.8 Å². The van der Waals surface area contributed by atoms with E-state index in [1.165, 1.54) is 38.5 Å². The van der Waals surface area contributed by atoms with E-state index in [1.54, 1.807) is 6.07 Å². The SMILES string of the molecule is CCCCCCCCCCOC(=O)c1ccccc1OCCCN(C)C. The predicted molar refractivity (Wildman–Crippen MR) is 108 cm³/mol. The van der Waals surface area contributed by atoms with Gasteiger partial charge in [-0.3, -0.25) is 0 Å². The number of nitrogens with zero attached hydrogens (tertiary/aromatic N) is 1. The lowest BCUT2D eigenvalue weighted by Crippen LogP contribution is -2.16. The number of hydrogen-bond donors (Lipinski definition) is 0. The lowest BCUT2D eigenvalue weighted by atomic mass is 10.1. The maximum absolute atomic E-state index is 12.3. The second-order valence-corrected chi connectivity index (χ2v) is 7.11. The third kappa shape index (κ3) is 10.4. The molecule has 1 aromatic carbocycles. The number of carbonyl (C=O) groups excluding carboxylic acids is 1. The van der Waals surface area contributed by atoms with E-state index in [4.69, 9.17) is 9.47 Å². The summed E-state index contributed by atoms with van der Waals surface area (Å²) in [5.41, 5.74) is 0.525. The molecule has 0 fully saturated rings. The van der Waals surface area contributed by atoms with Crippen LogP contribution in [0.4, 0.5) is 0 Å². The van der Waals surface area contributed by atoms with Gasteiger partial charge in [0.25, 0.3) is 0 Å². The minimum absolute atomic E-state index is 0.281. The Kier molecular flexibility index (Phi) is 12.6. The van der Waals surface area contributed by atoms with Crippen molar-refractivity contribution in [3.05, 3.63) is 29.8 Å². The summed E-state index contributed by atoms with van der Waals surface area (Å²) in [7, 11) is 4.08. The van der Waals surface area contributed by atoms with Gasteiger partial charge in [-0.15, -0.1) is 0 Å². The van der Waals surface area contributed by atoms with Gasteiger partial charge in [0, 0.05) is 6.54 Å². The Morgan fingerprint density at radius 1 is 0.885 bits per heavy atom. The first kappa shape index (κ1) is 22.5. The van der Waals surface area contributed by atoms with Gasteiger partial charge in [-0.05, 0) is 39.1 Å². The molecule has 4 nitrogen and oxygen atoms in total. The van der Waals surface area contributed by atoms with E-state index < -0.39 is 0 Å². The lowest BCUT2D eigenvalue weighted by molar-refractivity contribution is 0.0493. The van der Waals surface area contributed by atoms with Gasteiger partial charge < -0.3 is 14.4 Å². The molecular weight excluding hydrogens is 326 g/mol. The number of unbranched alkanes of at least 4 members (excludes halogenated alkanes) is 7. The smallest absolute Gasteiger partial charge is 0.341 e. The molecular formula is C22H37NO3. The summed E-state index contributed by atoms with van der Waals surface area (Å²) in [6.45, 7) is 4.29. The van der Waals surface area contributed by atoms with Crippen LogP contribution in [0.5, 0.6) is 5.75 Å². The number of esters is 1. The van der Waals surface area contributed by atoms with Crippen molar-refractivity contribution in [2.45, 2.75) is 64.7 Å². The average Bonchev–Trinajstić information content (AvgIpc) is 2.64. The zero-order valence-electron chi connectivity index (χ0n) is 17.0. The van der Waals surface area contributed by atoms with E-state index in [1.807, 2.05) is 32.3 Å². The highest BCUT2D eigenvalue weighted by atomic mass is 16.5. The van der Waals surface area contributed by atoms with Gasteiger partial charge in [-0.1, -0.05) is 64.0 Å². The summed E-state index contributed by atoms with van der Waals surface area (Å²) >= 11 is 0. The molecule has 26 heavy (non-hydrogen) atoms. The summed E-state index contributed by atoms with van der Waals surface area (Å²) < 4.78 is 11.2. The molecule has 0 saturated heterocycles. The second kappa shape index (κ2) is 14.6. The fourth-order valence-electron chi connectivity index (χ4n) is 2.80. The highest BCUT2D eigenvalue weighted by Gasteiger charge is 2.13. The van der Waals surface area contributed by atoms with Gasteiger partial charge >= 0.3 is 5.97 Å². The van der Waals surface area contributed by atoms with Crippen molar-refractivity contribution in [2.24, 2.45) is 0 Å². The molecule has 0 radical (unpaired) electrons. The lowest BCUT2D eigenvalue weighted by Gasteiger charge is -2.13. The summed E-state index contributed by atoms with van der Waals surface area (Å²) in [5.74, 6) is 0.336. The number of rotatable bonds is 15. The van der Waals surface area contributed by atoms with Crippen LogP contribution in [0.2, 0.25) is 0 Å². The van der Waals surface area contributed by atoms with Crippen LogP contribution in [0.25, 0.3) is 0 Å². The van der Waals surface area contributed by atoms with Crippen molar-refractivity contribution in [2.75, 3.05) is 33.9 Å². The first-order chi connectivity index (χ1) is 12.6. The number of hydrogen-bond acceptors (Lipinski definition) is 4. The molecule has 1 aromatic rings. The number of carbonyl (C=O) groups is 1. The Morgan fingerprint density at radius 2 is 1.54 bits per heavy atom. The second-order valence-electron chi connectivity index (χ2n) is 7.11. The molecule has 0 heterocycles. The third-order valence-corrected chi connectivity index (χ3v) is 4.35. The summed E-state index contributed by atoms with van der Waals surface area (Å²) in [5, 5.41) is 0. The molecule has 1 rings (SSSR count). The Hall–Kier alpha value is -1.55. The van der Waals surface area contributed by atoms with Gasteiger partial charge in [-0.2, -0.15) is 0 Å². The molecule has 0 atom stereocenters. The minimum Gasteiger partial charge on any atom is -0.493 e. The minimum atomic E-state index is -0.281. The molecule has 4 heteroatoms. The monoisotopic (exact) mass is 363 g/mol. The van der Waals surface area contributed by atoms with Gasteiger partial charge in [0.05, 0.1) is 13.2 Å². The van der Waals surface area contributed by atoms with Crippen LogP contribution in [-0.2, 0) is 4.74 Å². The molecule has 0 bridgehead atoms. The van der Waals surface area contributed by atoms with Crippen molar-refractivity contribution in [3.63, 3.8) is 0 Å². The Balaban J connectivity index is 2.23. The molecule has 148 valence electrons. The van der Waals surface area contributed by atoms with E-state index in [-0.39, 0.29) is 5.97 Å². The molecule has 0 aliphatic carbocycles.